The van der Waals surface area contributed by atoms with E-state index in [1.807, 2.05) is 12.2 Å². The van der Waals surface area contributed by atoms with Gasteiger partial charge < -0.3 is 0 Å². The van der Waals surface area contributed by atoms with Gasteiger partial charge in [0, 0.05) is 0 Å². The van der Waals surface area contributed by atoms with Crippen molar-refractivity contribution in [2.45, 2.75) is 122 Å². The van der Waals surface area contributed by atoms with Crippen molar-refractivity contribution in [2.75, 3.05) is 0 Å². The minimum Gasteiger partial charge on any atom is -0.103 e. The highest BCUT2D eigenvalue weighted by atomic mass is 14.0. The topological polar surface area (TPSA) is 0 Å². The zero-order valence-corrected chi connectivity index (χ0v) is 16.0. The monoisotopic (exact) mass is 320 g/mol. The number of hydrogen-bond acceptors (Lipinski definition) is 0. The molecule has 0 aliphatic heterocycles. The fraction of sp³-hybridized carbons (Fsp3) is 0.826. The van der Waals surface area contributed by atoms with Crippen LogP contribution in [0.2, 0.25) is 0 Å². The van der Waals surface area contributed by atoms with Gasteiger partial charge in [-0.3, -0.25) is 0 Å². The van der Waals surface area contributed by atoms with E-state index in [-0.39, 0.29) is 0 Å². The molecule has 0 aromatic carbocycles. The molecule has 0 aliphatic rings. The Morgan fingerprint density at radius 3 is 0.652 bits per heavy atom. The third-order valence-electron chi connectivity index (χ3n) is 4.82. The number of hydrogen-bond donors (Lipinski definition) is 0. The van der Waals surface area contributed by atoms with Crippen molar-refractivity contribution in [2.24, 2.45) is 0 Å². The first-order chi connectivity index (χ1) is 11.4. The highest BCUT2D eigenvalue weighted by molar-refractivity contribution is 4.65. The second-order valence-electron chi connectivity index (χ2n) is 7.17. The molecule has 0 saturated heterocycles. The molecule has 23 heavy (non-hydrogen) atoms. The molecule has 0 unspecified atom stereocenters. The maximum Gasteiger partial charge on any atom is -0.0353 e. The lowest BCUT2D eigenvalue weighted by atomic mass is 10.0. The van der Waals surface area contributed by atoms with Crippen LogP contribution >= 0.6 is 0 Å². The normalized spacial score (nSPS) is 10.8. The minimum absolute atomic E-state index is 1.20. The Morgan fingerprint density at radius 1 is 0.304 bits per heavy atom. The van der Waals surface area contributed by atoms with E-state index in [0.29, 0.717) is 0 Å². The maximum atomic E-state index is 3.77. The summed E-state index contributed by atoms with van der Waals surface area (Å²) in [5.74, 6) is 0. The summed E-state index contributed by atoms with van der Waals surface area (Å²) in [4.78, 5) is 0. The first-order valence-corrected chi connectivity index (χ1v) is 10.6. The van der Waals surface area contributed by atoms with Crippen LogP contribution in [0.3, 0.4) is 0 Å². The van der Waals surface area contributed by atoms with Crippen LogP contribution in [0.5, 0.6) is 0 Å². The molecular weight excluding hydrogens is 276 g/mol. The summed E-state index contributed by atoms with van der Waals surface area (Å²) in [5, 5.41) is 0. The van der Waals surface area contributed by atoms with E-state index in [9.17, 15) is 0 Å². The third-order valence-corrected chi connectivity index (χ3v) is 4.82. The van der Waals surface area contributed by atoms with Gasteiger partial charge in [0.15, 0.2) is 0 Å². The van der Waals surface area contributed by atoms with Crippen LogP contribution in [0.25, 0.3) is 0 Å². The van der Waals surface area contributed by atoms with Crippen molar-refractivity contribution in [1.82, 2.24) is 0 Å². The molecule has 0 bridgehead atoms. The predicted octanol–water partition coefficient (Wildman–Crippen LogP) is 8.77. The van der Waals surface area contributed by atoms with Crippen LogP contribution in [0.15, 0.2) is 25.3 Å². The van der Waals surface area contributed by atoms with Gasteiger partial charge in [-0.15, -0.1) is 13.2 Å². The molecule has 0 heterocycles. The van der Waals surface area contributed by atoms with Gasteiger partial charge in [-0.1, -0.05) is 108 Å². The fourth-order valence-electron chi connectivity index (χ4n) is 3.23. The van der Waals surface area contributed by atoms with Gasteiger partial charge >= 0.3 is 0 Å². The van der Waals surface area contributed by atoms with E-state index in [1.165, 1.54) is 122 Å². The van der Waals surface area contributed by atoms with Crippen molar-refractivity contribution in [1.29, 1.82) is 0 Å². The molecular formula is C23H44. The van der Waals surface area contributed by atoms with E-state index < -0.39 is 0 Å². The second-order valence-corrected chi connectivity index (χ2v) is 7.17. The van der Waals surface area contributed by atoms with Gasteiger partial charge in [-0.05, 0) is 25.7 Å². The number of allylic oxidation sites excluding steroid dienone is 2. The molecule has 0 N–H and O–H groups in total. The molecule has 0 fully saturated rings. The van der Waals surface area contributed by atoms with Gasteiger partial charge in [0.2, 0.25) is 0 Å². The molecule has 0 saturated carbocycles. The van der Waals surface area contributed by atoms with E-state index in [4.69, 9.17) is 0 Å². The predicted molar refractivity (Wildman–Crippen MR) is 108 cm³/mol. The molecule has 0 nitrogen and oxygen atoms in total. The SMILES string of the molecule is C=CCCCCCCCCCCCCCCCCCCCC=C. The molecule has 0 aliphatic carbocycles. The van der Waals surface area contributed by atoms with Crippen molar-refractivity contribution < 1.29 is 0 Å². The summed E-state index contributed by atoms with van der Waals surface area (Å²) in [6.07, 6.45) is 31.0. The average Bonchev–Trinajstić information content (AvgIpc) is 2.57. The Morgan fingerprint density at radius 2 is 0.478 bits per heavy atom. The fourth-order valence-corrected chi connectivity index (χ4v) is 3.23. The van der Waals surface area contributed by atoms with Crippen LogP contribution in [0.4, 0.5) is 0 Å². The Kier molecular flexibility index (Phi) is 21.0. The van der Waals surface area contributed by atoms with E-state index >= 15 is 0 Å². The number of unbranched alkanes of at least 4 members (excludes halogenated alkanes) is 18. The largest absolute Gasteiger partial charge is 0.103 e. The summed E-state index contributed by atoms with van der Waals surface area (Å²) in [6.45, 7) is 7.55. The van der Waals surface area contributed by atoms with Gasteiger partial charge in [0.05, 0.1) is 0 Å². The zero-order chi connectivity index (χ0) is 16.8. The van der Waals surface area contributed by atoms with E-state index in [1.54, 1.807) is 0 Å². The quantitative estimate of drug-likeness (QED) is 0.155. The standard InChI is InChI=1S/C23H44/c1-3-5-7-9-11-13-15-17-19-21-23-22-20-18-16-14-12-10-8-6-4-2/h3-4H,1-2,5-23H2. The average molecular weight is 321 g/mol. The van der Waals surface area contributed by atoms with Gasteiger partial charge in [-0.2, -0.15) is 0 Å². The molecule has 0 aromatic rings. The summed E-state index contributed by atoms with van der Waals surface area (Å²) in [6, 6.07) is 0. The van der Waals surface area contributed by atoms with Gasteiger partial charge in [0.25, 0.3) is 0 Å². The lowest BCUT2D eigenvalue weighted by Gasteiger charge is -2.03. The highest BCUT2D eigenvalue weighted by Crippen LogP contribution is 2.14. The molecule has 0 radical (unpaired) electrons. The summed E-state index contributed by atoms with van der Waals surface area (Å²) >= 11 is 0. The molecule has 0 amide bonds. The summed E-state index contributed by atoms with van der Waals surface area (Å²) in [7, 11) is 0. The first kappa shape index (κ1) is 22.5. The van der Waals surface area contributed by atoms with Crippen LogP contribution in [0.1, 0.15) is 122 Å². The highest BCUT2D eigenvalue weighted by Gasteiger charge is 1.94. The lowest BCUT2D eigenvalue weighted by Crippen LogP contribution is -1.84. The zero-order valence-electron chi connectivity index (χ0n) is 16.0. The second kappa shape index (κ2) is 21.5. The van der Waals surface area contributed by atoms with E-state index in [0.717, 1.165) is 0 Å². The van der Waals surface area contributed by atoms with E-state index in [2.05, 4.69) is 13.2 Å². The molecule has 0 spiro atoms. The molecule has 0 rings (SSSR count). The van der Waals surface area contributed by atoms with Crippen LogP contribution in [-0.4, -0.2) is 0 Å². The van der Waals surface area contributed by atoms with Gasteiger partial charge in [-0.25, -0.2) is 0 Å². The van der Waals surface area contributed by atoms with Crippen LogP contribution in [0, 0.1) is 0 Å². The smallest absolute Gasteiger partial charge is 0.0353 e. The van der Waals surface area contributed by atoms with Gasteiger partial charge in [0.1, 0.15) is 0 Å². The first-order valence-electron chi connectivity index (χ1n) is 10.6. The number of rotatable bonds is 20. The van der Waals surface area contributed by atoms with Crippen LogP contribution < -0.4 is 0 Å². The molecule has 136 valence electrons. The Bertz CT molecular complexity index is 204. The maximum absolute atomic E-state index is 3.77. The van der Waals surface area contributed by atoms with Crippen molar-refractivity contribution in [3.05, 3.63) is 25.3 Å². The third kappa shape index (κ3) is 21.5. The van der Waals surface area contributed by atoms with Crippen molar-refractivity contribution >= 4 is 0 Å². The molecule has 0 aromatic heterocycles. The summed E-state index contributed by atoms with van der Waals surface area (Å²) in [5.41, 5.74) is 0. The van der Waals surface area contributed by atoms with Crippen molar-refractivity contribution in [3.63, 3.8) is 0 Å². The Balaban J connectivity index is 2.94. The Hall–Kier alpha value is -0.520. The molecule has 0 heteroatoms. The Labute approximate surface area is 147 Å². The minimum atomic E-state index is 1.20. The lowest BCUT2D eigenvalue weighted by molar-refractivity contribution is 0.526. The van der Waals surface area contributed by atoms with Crippen LogP contribution in [-0.2, 0) is 0 Å². The molecule has 0 atom stereocenters. The van der Waals surface area contributed by atoms with Crippen molar-refractivity contribution in [3.8, 4) is 0 Å². The summed E-state index contributed by atoms with van der Waals surface area (Å²) < 4.78 is 0.